The van der Waals surface area contributed by atoms with Crippen LogP contribution in [0.25, 0.3) is 11.3 Å². The predicted octanol–water partition coefficient (Wildman–Crippen LogP) is 3.07. The summed E-state index contributed by atoms with van der Waals surface area (Å²) in [4.78, 5) is 3.25. The number of anilines is 1. The molecule has 1 atom stereocenters. The van der Waals surface area contributed by atoms with Crippen LogP contribution in [0.5, 0.6) is 5.75 Å². The number of alkyl halides is 6. The molecule has 142 valence electrons. The third-order valence-corrected chi connectivity index (χ3v) is 3.09. The summed E-state index contributed by atoms with van der Waals surface area (Å²) in [6, 6.07) is 1.45. The lowest BCUT2D eigenvalue weighted by molar-refractivity contribution is -0.141. The topological polar surface area (TPSA) is 91.2 Å². The second-order valence-electron chi connectivity index (χ2n) is 5.29. The van der Waals surface area contributed by atoms with Crippen molar-refractivity contribution in [2.45, 2.75) is 25.4 Å². The summed E-state index contributed by atoms with van der Waals surface area (Å²) in [7, 11) is 0. The SMILES string of the molecule is C[C@@H](O)CNc1nnc(-c2ccc(C(F)(F)F)cc2O)c(C(F)(F)F)n1. The lowest BCUT2D eigenvalue weighted by Crippen LogP contribution is -2.20. The lowest BCUT2D eigenvalue weighted by atomic mass is 10.1. The number of hydrogen-bond acceptors (Lipinski definition) is 6. The van der Waals surface area contributed by atoms with Gasteiger partial charge >= 0.3 is 12.4 Å². The zero-order valence-corrected chi connectivity index (χ0v) is 13.0. The summed E-state index contributed by atoms with van der Waals surface area (Å²) in [5, 5.41) is 27.9. The lowest BCUT2D eigenvalue weighted by Gasteiger charge is -2.14. The highest BCUT2D eigenvalue weighted by Gasteiger charge is 2.39. The Morgan fingerprint density at radius 3 is 2.23 bits per heavy atom. The number of aromatic nitrogens is 3. The molecule has 1 aromatic heterocycles. The Hall–Kier alpha value is -2.63. The Bertz CT molecular complexity index is 792. The standard InChI is InChI=1S/C14H12F6N4O2/c1-6(25)5-21-12-22-11(14(18,19)20)10(23-24-12)8-3-2-7(4-9(8)26)13(15,16)17/h2-4,6,25-26H,5H2,1H3,(H,21,22,24)/t6-/m1/s1. The number of aliphatic hydroxyl groups excluding tert-OH is 1. The minimum Gasteiger partial charge on any atom is -0.507 e. The molecule has 0 aliphatic carbocycles. The molecule has 0 radical (unpaired) electrons. The first-order valence-corrected chi connectivity index (χ1v) is 7.04. The van der Waals surface area contributed by atoms with Crippen molar-refractivity contribution in [3.05, 3.63) is 29.5 Å². The number of benzene rings is 1. The van der Waals surface area contributed by atoms with Crippen molar-refractivity contribution in [2.75, 3.05) is 11.9 Å². The molecule has 6 nitrogen and oxygen atoms in total. The van der Waals surface area contributed by atoms with E-state index in [1.54, 1.807) is 0 Å². The third-order valence-electron chi connectivity index (χ3n) is 3.09. The number of aliphatic hydroxyl groups is 1. The number of rotatable bonds is 4. The fraction of sp³-hybridized carbons (Fsp3) is 0.357. The van der Waals surface area contributed by atoms with Gasteiger partial charge in [-0.1, -0.05) is 0 Å². The Morgan fingerprint density at radius 1 is 1.08 bits per heavy atom. The summed E-state index contributed by atoms with van der Waals surface area (Å²) in [5.41, 5.74) is -4.31. The van der Waals surface area contributed by atoms with Crippen molar-refractivity contribution < 1.29 is 36.6 Å². The van der Waals surface area contributed by atoms with Crippen LogP contribution in [-0.2, 0) is 12.4 Å². The van der Waals surface area contributed by atoms with Gasteiger partial charge < -0.3 is 15.5 Å². The molecule has 0 aliphatic heterocycles. The van der Waals surface area contributed by atoms with E-state index in [2.05, 4.69) is 20.5 Å². The van der Waals surface area contributed by atoms with E-state index >= 15 is 0 Å². The van der Waals surface area contributed by atoms with Gasteiger partial charge in [-0.25, -0.2) is 4.98 Å². The zero-order chi connectivity index (χ0) is 19.7. The van der Waals surface area contributed by atoms with E-state index in [1.807, 2.05) is 0 Å². The fourth-order valence-corrected chi connectivity index (χ4v) is 1.93. The van der Waals surface area contributed by atoms with Crippen molar-refractivity contribution in [1.82, 2.24) is 15.2 Å². The average Bonchev–Trinajstić information content (AvgIpc) is 2.51. The van der Waals surface area contributed by atoms with E-state index in [1.165, 1.54) is 6.92 Å². The largest absolute Gasteiger partial charge is 0.507 e. The van der Waals surface area contributed by atoms with Gasteiger partial charge in [0, 0.05) is 12.1 Å². The maximum absolute atomic E-state index is 13.2. The van der Waals surface area contributed by atoms with Gasteiger partial charge in [-0.2, -0.15) is 26.3 Å². The summed E-state index contributed by atoms with van der Waals surface area (Å²) in [6.07, 6.45) is -10.7. The number of phenolic OH excluding ortho intramolecular Hbond substituents is 1. The van der Waals surface area contributed by atoms with Crippen LogP contribution in [0.3, 0.4) is 0 Å². The van der Waals surface area contributed by atoms with Gasteiger partial charge in [0.25, 0.3) is 0 Å². The molecule has 0 unspecified atom stereocenters. The molecule has 3 N–H and O–H groups in total. The molecule has 0 fully saturated rings. The van der Waals surface area contributed by atoms with Crippen LogP contribution in [-0.4, -0.2) is 38.0 Å². The third kappa shape index (κ3) is 4.50. The molecule has 0 bridgehead atoms. The van der Waals surface area contributed by atoms with E-state index in [0.29, 0.717) is 12.1 Å². The molecule has 2 rings (SSSR count). The Balaban J connectivity index is 2.52. The van der Waals surface area contributed by atoms with Crippen LogP contribution in [0.2, 0.25) is 0 Å². The first kappa shape index (κ1) is 19.7. The number of halogens is 6. The van der Waals surface area contributed by atoms with Crippen molar-refractivity contribution in [3.63, 3.8) is 0 Å². The quantitative estimate of drug-likeness (QED) is 0.704. The van der Waals surface area contributed by atoms with Gasteiger partial charge in [-0.05, 0) is 25.1 Å². The Labute approximate surface area is 142 Å². The fourth-order valence-electron chi connectivity index (χ4n) is 1.93. The highest BCUT2D eigenvalue weighted by molar-refractivity contribution is 5.69. The number of nitrogens with zero attached hydrogens (tertiary/aromatic N) is 3. The van der Waals surface area contributed by atoms with Crippen LogP contribution in [0.4, 0.5) is 32.3 Å². The first-order valence-electron chi connectivity index (χ1n) is 7.04. The number of phenols is 1. The maximum atomic E-state index is 13.2. The van der Waals surface area contributed by atoms with Crippen molar-refractivity contribution in [2.24, 2.45) is 0 Å². The second-order valence-corrected chi connectivity index (χ2v) is 5.29. The smallest absolute Gasteiger partial charge is 0.435 e. The molecule has 12 heteroatoms. The van der Waals surface area contributed by atoms with Crippen LogP contribution >= 0.6 is 0 Å². The van der Waals surface area contributed by atoms with Gasteiger partial charge in [0.2, 0.25) is 5.95 Å². The van der Waals surface area contributed by atoms with E-state index in [9.17, 15) is 31.4 Å². The van der Waals surface area contributed by atoms with Gasteiger partial charge in [-0.3, -0.25) is 0 Å². The summed E-state index contributed by atoms with van der Waals surface area (Å²) in [6.45, 7) is 1.23. The molecule has 0 spiro atoms. The molecule has 26 heavy (non-hydrogen) atoms. The molecule has 0 aliphatic rings. The molecule has 2 aromatic rings. The van der Waals surface area contributed by atoms with Crippen molar-refractivity contribution in [3.8, 4) is 17.0 Å². The molecular weight excluding hydrogens is 370 g/mol. The summed E-state index contributed by atoms with van der Waals surface area (Å²) >= 11 is 0. The molecule has 1 heterocycles. The molecular formula is C14H12F6N4O2. The maximum Gasteiger partial charge on any atom is 0.435 e. The molecule has 0 saturated heterocycles. The van der Waals surface area contributed by atoms with Gasteiger partial charge in [0.15, 0.2) is 5.69 Å². The number of aromatic hydroxyl groups is 1. The summed E-state index contributed by atoms with van der Waals surface area (Å²) in [5.74, 6) is -1.58. The zero-order valence-electron chi connectivity index (χ0n) is 13.0. The highest BCUT2D eigenvalue weighted by Crippen LogP contribution is 2.40. The molecule has 0 saturated carbocycles. The number of nitrogens with one attached hydrogen (secondary N) is 1. The second kappa shape index (κ2) is 6.94. The molecule has 1 aromatic carbocycles. The predicted molar refractivity (Wildman–Crippen MR) is 77.1 cm³/mol. The van der Waals surface area contributed by atoms with Gasteiger partial charge in [0.1, 0.15) is 11.4 Å². The average molecular weight is 382 g/mol. The molecule has 0 amide bonds. The van der Waals surface area contributed by atoms with E-state index in [0.717, 1.165) is 0 Å². The minimum absolute atomic E-state index is 0.149. The van der Waals surface area contributed by atoms with Crippen LogP contribution in [0.1, 0.15) is 18.2 Å². The van der Waals surface area contributed by atoms with Crippen LogP contribution < -0.4 is 5.32 Å². The van der Waals surface area contributed by atoms with Crippen molar-refractivity contribution >= 4 is 5.95 Å². The number of hydrogen-bond donors (Lipinski definition) is 3. The van der Waals surface area contributed by atoms with E-state index in [4.69, 9.17) is 5.11 Å². The van der Waals surface area contributed by atoms with Gasteiger partial charge in [-0.15, -0.1) is 10.2 Å². The monoisotopic (exact) mass is 382 g/mol. The summed E-state index contributed by atoms with van der Waals surface area (Å²) < 4.78 is 77.6. The van der Waals surface area contributed by atoms with Crippen LogP contribution in [0.15, 0.2) is 18.2 Å². The Morgan fingerprint density at radius 2 is 1.73 bits per heavy atom. The van der Waals surface area contributed by atoms with Crippen LogP contribution in [0, 0.1) is 0 Å². The van der Waals surface area contributed by atoms with E-state index in [-0.39, 0.29) is 12.6 Å². The normalized spacial score (nSPS) is 13.5. The van der Waals surface area contributed by atoms with Gasteiger partial charge in [0.05, 0.1) is 11.7 Å². The Kier molecular flexibility index (Phi) is 5.26. The first-order chi connectivity index (χ1) is 11.9. The van der Waals surface area contributed by atoms with Crippen molar-refractivity contribution in [1.29, 1.82) is 0 Å². The minimum atomic E-state index is -5.01. The van der Waals surface area contributed by atoms with E-state index < -0.39 is 52.7 Å². The highest BCUT2D eigenvalue weighted by atomic mass is 19.4.